The van der Waals surface area contributed by atoms with Crippen molar-refractivity contribution in [1.29, 1.82) is 0 Å². The van der Waals surface area contributed by atoms with Gasteiger partial charge in [-0.15, -0.1) is 0 Å². The van der Waals surface area contributed by atoms with Crippen LogP contribution in [0.2, 0.25) is 0 Å². The molecule has 0 aliphatic carbocycles. The fourth-order valence-corrected chi connectivity index (χ4v) is 13.2. The Hall–Kier alpha value is -9.74. The molecule has 1 aromatic carbocycles. The molecule has 40 heteroatoms. The van der Waals surface area contributed by atoms with E-state index in [2.05, 4.69) is 65.1 Å². The maximum Gasteiger partial charge on any atom is 0.328 e. The summed E-state index contributed by atoms with van der Waals surface area (Å²) in [6, 6.07) is -14.8. The number of carbonyl (C=O) groups excluding carboxylic acids is 15. The van der Waals surface area contributed by atoms with E-state index in [0.29, 0.717) is 23.3 Å². The number of benzene rings is 1. The molecule has 640 valence electrons. The van der Waals surface area contributed by atoms with Crippen LogP contribution >= 0.6 is 0 Å². The summed E-state index contributed by atoms with van der Waals surface area (Å²) < 4.78 is 6.00. The zero-order valence-corrected chi connectivity index (χ0v) is 66.0. The number of carbonyl (C=O) groups is 15. The van der Waals surface area contributed by atoms with E-state index in [0.717, 1.165) is 90.4 Å². The maximum atomic E-state index is 14.8. The van der Waals surface area contributed by atoms with Crippen LogP contribution in [0.5, 0.6) is 5.75 Å². The van der Waals surface area contributed by atoms with E-state index in [-0.39, 0.29) is 50.2 Å². The van der Waals surface area contributed by atoms with Gasteiger partial charge in [0.15, 0.2) is 0 Å². The molecule has 3 aliphatic rings. The number of hydrogen-bond acceptors (Lipinski definition) is 25. The summed E-state index contributed by atoms with van der Waals surface area (Å²) in [5, 5.41) is 111. The molecule has 24 N–H and O–H groups in total. The summed E-state index contributed by atoms with van der Waals surface area (Å²) in [4.78, 5) is 216. The molecule has 14 amide bonds. The molecule has 0 radical (unpaired) electrons. The number of amides is 14. The van der Waals surface area contributed by atoms with Crippen LogP contribution < -0.4 is 70.4 Å². The fraction of sp³-hybridized carbons (Fsp3) is 0.703. The average molecular weight is 1620 g/mol. The third-order valence-electron chi connectivity index (χ3n) is 19.6. The fourth-order valence-electron chi connectivity index (χ4n) is 13.2. The Morgan fingerprint density at radius 1 is 0.544 bits per heavy atom. The topological polar surface area (TPSA) is 644 Å². The first-order valence-corrected chi connectivity index (χ1v) is 38.9. The Bertz CT molecular complexity index is 3470. The number of aliphatic imine (C=N–C) groups is 1. The first-order chi connectivity index (χ1) is 53.6. The van der Waals surface area contributed by atoms with Gasteiger partial charge in [-0.25, -0.2) is 4.79 Å². The van der Waals surface area contributed by atoms with Crippen molar-refractivity contribution in [2.75, 3.05) is 26.2 Å². The lowest BCUT2D eigenvalue weighted by Crippen LogP contribution is -2.64. The molecule has 0 spiro atoms. The zero-order chi connectivity index (χ0) is 85.4. The van der Waals surface area contributed by atoms with Gasteiger partial charge >= 0.3 is 5.97 Å². The lowest BCUT2D eigenvalue weighted by atomic mass is 9.99. The number of ether oxygens (including phenoxy) is 1. The number of cyclic esters (lactones) is 1. The van der Waals surface area contributed by atoms with E-state index in [9.17, 15) is 113 Å². The van der Waals surface area contributed by atoms with Crippen LogP contribution in [0.15, 0.2) is 29.3 Å². The van der Waals surface area contributed by atoms with Crippen LogP contribution in [0.1, 0.15) is 183 Å². The number of esters is 1. The summed E-state index contributed by atoms with van der Waals surface area (Å²) >= 11 is 0. The molecule has 40 nitrogen and oxygen atoms in total. The summed E-state index contributed by atoms with van der Waals surface area (Å²) in [5.41, 5.74) is 16.8. The Kier molecular flexibility index (Phi) is 40.5. The molecule has 1 aromatic rings. The predicted octanol–water partition coefficient (Wildman–Crippen LogP) is -6.20. The van der Waals surface area contributed by atoms with Crippen molar-refractivity contribution >= 4 is 94.5 Å². The third-order valence-corrected chi connectivity index (χ3v) is 19.6. The van der Waals surface area contributed by atoms with Gasteiger partial charge in [0.25, 0.3) is 0 Å². The Morgan fingerprint density at radius 3 is 1.61 bits per heavy atom. The standard InChI is InChI=1S/C74H120N16O24/c1-9-10-11-12-13-14-15-16-17-18-19-21-46-32-55(101)83-58(39(5)91)68(107)80-38(4)64(103)82-48(30-43-23-25-44(95)26-24-43)65(104)85-57(37(2)3)72(111)90-36-45(96)31-49(90)66(105)86-60(41(7)93)70(109)87-61(42(8)94)73(112)89-29-27-50(97)63(89)71(110)88-62(51(98)33-53(76)99)67(106)79-35-56(102)84-59(40(6)92)69(108)81-47(74(113)114-46)22-20-28-78-52(75)34-54(77)100/h23-26,37-42,45-51,57-63,91-98H,9-22,27-36H2,1-8H3,(H2,75,78)(H2,76,99)(H2,77,100)(H,79,106)(H,80,107)(H,81,108)(H,82,103)(H,83,101)(H,84,102)(H,85,104)(H,86,105)(H,87,109)(H,88,110)/t38-,39-,40-,41-,42-,45-,46-,47+,48+,49+,50+,51-,57+,58-,59-,60-,61+,62+,63+/m1/s1. The molecule has 3 aliphatic heterocycles. The minimum absolute atomic E-state index is 0.0108. The van der Waals surface area contributed by atoms with Crippen molar-refractivity contribution in [3.8, 4) is 5.75 Å². The lowest BCUT2D eigenvalue weighted by molar-refractivity contribution is -0.155. The SMILES string of the molecule is CCCCCCCCCCCCC[C@@H]1CC(=O)N[C@H]([C@@H](C)O)C(=O)N[C@H](C)C(=O)N[C@@H](Cc2ccc(O)cc2)C(=O)N[C@@H](C(C)C)C(=O)N2C[C@H](O)C[C@H]2C(=O)N[C@H]([C@@H](C)O)C(=O)N[C@@H]([C@@H](C)O)C(=O)N2CC[C@H](O)[C@H]2C(=O)N[C@@H]([C@H](O)CC(N)=O)C(=O)NCC(=O)N[C@H]([C@@H](C)O)C(=O)N[C@@H](CCCN=C(N)CC(N)=O)C(=O)O1. The lowest BCUT2D eigenvalue weighted by Gasteiger charge is -2.34. The number of aromatic hydroxyl groups is 1. The molecule has 0 bridgehead atoms. The molecule has 19 atom stereocenters. The van der Waals surface area contributed by atoms with Gasteiger partial charge in [-0.2, -0.15) is 0 Å². The van der Waals surface area contributed by atoms with Crippen molar-refractivity contribution in [1.82, 2.24) is 63.0 Å². The van der Waals surface area contributed by atoms with E-state index in [1.54, 1.807) is 0 Å². The average Bonchev–Trinajstić information content (AvgIpc) is 1.63. The second kappa shape index (κ2) is 47.8. The van der Waals surface area contributed by atoms with E-state index in [1.807, 2.05) is 0 Å². The number of aliphatic hydroxyl groups excluding tert-OH is 7. The molecule has 3 fully saturated rings. The van der Waals surface area contributed by atoms with Crippen LogP contribution in [0, 0.1) is 5.92 Å². The number of nitrogens with two attached hydrogens (primary N) is 3. The minimum Gasteiger partial charge on any atom is -0.508 e. The number of nitrogens with one attached hydrogen (secondary N) is 10. The first kappa shape index (κ1) is 96.6. The van der Waals surface area contributed by atoms with Gasteiger partial charge in [0.05, 0.1) is 68.5 Å². The predicted molar refractivity (Wildman–Crippen MR) is 407 cm³/mol. The van der Waals surface area contributed by atoms with Crippen molar-refractivity contribution in [2.45, 2.75) is 299 Å². The van der Waals surface area contributed by atoms with Crippen molar-refractivity contribution in [3.63, 3.8) is 0 Å². The highest BCUT2D eigenvalue weighted by Crippen LogP contribution is 2.25. The molecule has 0 aromatic heterocycles. The second-order valence-corrected chi connectivity index (χ2v) is 29.9. The maximum absolute atomic E-state index is 14.8. The van der Waals surface area contributed by atoms with Crippen molar-refractivity contribution in [2.24, 2.45) is 28.1 Å². The van der Waals surface area contributed by atoms with Gasteiger partial charge in [0, 0.05) is 32.5 Å². The third kappa shape index (κ3) is 31.6. The molecular weight excluding hydrogens is 1500 g/mol. The van der Waals surface area contributed by atoms with Gasteiger partial charge in [0.2, 0.25) is 82.7 Å². The summed E-state index contributed by atoms with van der Waals surface area (Å²) in [5.74, 6) is -18.6. The normalized spacial score (nSPS) is 27.4. The van der Waals surface area contributed by atoms with E-state index < -0.39 is 255 Å². The molecule has 0 saturated carbocycles. The molecule has 114 heavy (non-hydrogen) atoms. The number of amidine groups is 1. The number of unbranched alkanes of at least 4 members (excludes halogenated alkanes) is 10. The van der Waals surface area contributed by atoms with Gasteiger partial charge in [-0.1, -0.05) is 97.1 Å². The Balaban J connectivity index is 1.84. The molecular formula is C74H120N16O24. The van der Waals surface area contributed by atoms with Crippen LogP contribution in [0.3, 0.4) is 0 Å². The summed E-state index contributed by atoms with van der Waals surface area (Å²) in [7, 11) is 0. The summed E-state index contributed by atoms with van der Waals surface area (Å²) in [6.07, 6.45) is -7.50. The van der Waals surface area contributed by atoms with E-state index in [4.69, 9.17) is 21.9 Å². The second-order valence-electron chi connectivity index (χ2n) is 29.9. The molecule has 3 saturated heterocycles. The van der Waals surface area contributed by atoms with Gasteiger partial charge in [-0.05, 0) is 90.3 Å². The van der Waals surface area contributed by atoms with E-state index >= 15 is 0 Å². The van der Waals surface area contributed by atoms with Crippen LogP contribution in [0.25, 0.3) is 0 Å². The van der Waals surface area contributed by atoms with Crippen molar-refractivity contribution in [3.05, 3.63) is 29.8 Å². The Labute approximate surface area is 661 Å². The molecule has 0 unspecified atom stereocenters. The highest BCUT2D eigenvalue weighted by atomic mass is 16.5. The quantitative estimate of drug-likeness (QED) is 0.0161. The van der Waals surface area contributed by atoms with Crippen LogP contribution in [-0.2, 0) is 83.1 Å². The highest BCUT2D eigenvalue weighted by molar-refractivity contribution is 6.01. The number of rotatable bonds is 28. The van der Waals surface area contributed by atoms with Crippen molar-refractivity contribution < 1.29 is 118 Å². The van der Waals surface area contributed by atoms with Crippen LogP contribution in [-0.4, -0.2) is 287 Å². The molecule has 4 rings (SSSR count). The number of phenolic OH excluding ortho intramolecular Hbond substituents is 1. The molecule has 3 heterocycles. The highest BCUT2D eigenvalue weighted by Gasteiger charge is 2.48. The number of aliphatic hydroxyl groups is 7. The first-order valence-electron chi connectivity index (χ1n) is 38.9. The smallest absolute Gasteiger partial charge is 0.328 e. The number of hydrogen-bond donors (Lipinski definition) is 21. The van der Waals surface area contributed by atoms with Crippen LogP contribution in [0.4, 0.5) is 0 Å². The van der Waals surface area contributed by atoms with Gasteiger partial charge in [0.1, 0.15) is 84.1 Å². The largest absolute Gasteiger partial charge is 0.508 e. The monoisotopic (exact) mass is 1620 g/mol. The number of nitrogens with zero attached hydrogens (tertiary/aromatic N) is 3. The number of fused-ring (bicyclic) bond motifs is 2. The van der Waals surface area contributed by atoms with Gasteiger partial charge < -0.3 is 126 Å². The van der Waals surface area contributed by atoms with Gasteiger partial charge in [-0.3, -0.25) is 72.1 Å². The number of primary amides is 2. The Morgan fingerprint density at radius 2 is 1.05 bits per heavy atom. The minimum atomic E-state index is -2.25. The number of phenols is 1. The summed E-state index contributed by atoms with van der Waals surface area (Å²) in [6.45, 7) is 8.35. The van der Waals surface area contributed by atoms with E-state index in [1.165, 1.54) is 45.0 Å². The zero-order valence-electron chi connectivity index (χ0n) is 66.0.